The van der Waals surface area contributed by atoms with Crippen molar-refractivity contribution in [3.05, 3.63) is 29.8 Å². The van der Waals surface area contributed by atoms with Crippen molar-refractivity contribution in [3.8, 4) is 5.75 Å². The standard InChI is InChI=1S/C15H24N2O2/c1-4-15(2,3)12-5-7-13(8-6-12)19-11-14(18)17-10-9-16/h5-8H,4,9-11,16H2,1-3H3,(H,17,18). The minimum Gasteiger partial charge on any atom is -0.484 e. The van der Waals surface area contributed by atoms with Crippen molar-refractivity contribution in [2.24, 2.45) is 5.73 Å². The lowest BCUT2D eigenvalue weighted by Gasteiger charge is -2.23. The van der Waals surface area contributed by atoms with E-state index < -0.39 is 0 Å². The third-order valence-corrected chi connectivity index (χ3v) is 3.36. The maximum Gasteiger partial charge on any atom is 0.257 e. The molecule has 0 saturated carbocycles. The fourth-order valence-electron chi connectivity index (χ4n) is 1.62. The van der Waals surface area contributed by atoms with Crippen molar-refractivity contribution in [2.45, 2.75) is 32.6 Å². The van der Waals surface area contributed by atoms with Crippen LogP contribution >= 0.6 is 0 Å². The van der Waals surface area contributed by atoms with E-state index in [1.54, 1.807) is 0 Å². The molecule has 1 aromatic carbocycles. The molecule has 0 radical (unpaired) electrons. The second kappa shape index (κ2) is 7.14. The van der Waals surface area contributed by atoms with E-state index in [1.807, 2.05) is 12.1 Å². The zero-order valence-electron chi connectivity index (χ0n) is 12.0. The number of hydrogen-bond donors (Lipinski definition) is 2. The van der Waals surface area contributed by atoms with E-state index in [1.165, 1.54) is 5.56 Å². The SMILES string of the molecule is CCC(C)(C)c1ccc(OCC(=O)NCCN)cc1. The van der Waals surface area contributed by atoms with Crippen LogP contribution in [0.1, 0.15) is 32.8 Å². The highest BCUT2D eigenvalue weighted by molar-refractivity contribution is 5.77. The lowest BCUT2D eigenvalue weighted by atomic mass is 9.82. The molecule has 1 amide bonds. The first kappa shape index (κ1) is 15.5. The van der Waals surface area contributed by atoms with Crippen molar-refractivity contribution in [2.75, 3.05) is 19.7 Å². The predicted octanol–water partition coefficient (Wildman–Crippen LogP) is 1.83. The Balaban J connectivity index is 2.51. The zero-order chi connectivity index (χ0) is 14.3. The maximum absolute atomic E-state index is 11.4. The van der Waals surface area contributed by atoms with Gasteiger partial charge in [0, 0.05) is 13.1 Å². The van der Waals surface area contributed by atoms with Gasteiger partial charge in [-0.25, -0.2) is 0 Å². The number of benzene rings is 1. The Labute approximate surface area is 115 Å². The fourth-order valence-corrected chi connectivity index (χ4v) is 1.62. The Bertz CT molecular complexity index is 399. The molecular weight excluding hydrogens is 240 g/mol. The van der Waals surface area contributed by atoms with Crippen molar-refractivity contribution in [1.29, 1.82) is 0 Å². The summed E-state index contributed by atoms with van der Waals surface area (Å²) in [6.07, 6.45) is 1.08. The Hall–Kier alpha value is -1.55. The second-order valence-electron chi connectivity index (χ2n) is 5.19. The molecule has 0 fully saturated rings. The van der Waals surface area contributed by atoms with E-state index >= 15 is 0 Å². The van der Waals surface area contributed by atoms with Gasteiger partial charge in [0.15, 0.2) is 6.61 Å². The molecule has 0 heterocycles. The number of carbonyl (C=O) groups excluding carboxylic acids is 1. The number of ether oxygens (including phenoxy) is 1. The van der Waals surface area contributed by atoms with E-state index in [4.69, 9.17) is 10.5 Å². The van der Waals surface area contributed by atoms with Gasteiger partial charge in [-0.2, -0.15) is 0 Å². The van der Waals surface area contributed by atoms with Crippen molar-refractivity contribution >= 4 is 5.91 Å². The van der Waals surface area contributed by atoms with Crippen LogP contribution in [0.5, 0.6) is 5.75 Å². The first-order valence-electron chi connectivity index (χ1n) is 6.69. The average molecular weight is 264 g/mol. The van der Waals surface area contributed by atoms with E-state index in [9.17, 15) is 4.79 Å². The number of nitrogens with two attached hydrogens (primary N) is 1. The van der Waals surface area contributed by atoms with Crippen LogP contribution in [-0.2, 0) is 10.2 Å². The highest BCUT2D eigenvalue weighted by Gasteiger charge is 2.17. The van der Waals surface area contributed by atoms with Gasteiger partial charge in [-0.1, -0.05) is 32.9 Å². The van der Waals surface area contributed by atoms with Crippen LogP contribution in [0.15, 0.2) is 24.3 Å². The molecule has 19 heavy (non-hydrogen) atoms. The van der Waals surface area contributed by atoms with Crippen molar-refractivity contribution in [1.82, 2.24) is 5.32 Å². The highest BCUT2D eigenvalue weighted by Crippen LogP contribution is 2.27. The molecule has 4 heteroatoms. The molecule has 0 saturated heterocycles. The smallest absolute Gasteiger partial charge is 0.257 e. The molecule has 0 aliphatic carbocycles. The summed E-state index contributed by atoms with van der Waals surface area (Å²) in [7, 11) is 0. The van der Waals surface area contributed by atoms with E-state index in [0.717, 1.165) is 6.42 Å². The Kier molecular flexibility index (Phi) is 5.83. The fraction of sp³-hybridized carbons (Fsp3) is 0.533. The van der Waals surface area contributed by atoms with Gasteiger partial charge in [0.2, 0.25) is 0 Å². The van der Waals surface area contributed by atoms with Crippen LogP contribution in [-0.4, -0.2) is 25.6 Å². The molecule has 4 nitrogen and oxygen atoms in total. The molecule has 0 spiro atoms. The van der Waals surface area contributed by atoms with Gasteiger partial charge in [0.1, 0.15) is 5.75 Å². The number of nitrogens with one attached hydrogen (secondary N) is 1. The predicted molar refractivity (Wildman–Crippen MR) is 77.3 cm³/mol. The van der Waals surface area contributed by atoms with Crippen molar-refractivity contribution < 1.29 is 9.53 Å². The number of amides is 1. The average Bonchev–Trinajstić information content (AvgIpc) is 2.43. The van der Waals surface area contributed by atoms with Gasteiger partial charge < -0.3 is 15.8 Å². The molecule has 1 aromatic rings. The molecule has 106 valence electrons. The van der Waals surface area contributed by atoms with Gasteiger partial charge in [-0.3, -0.25) is 4.79 Å². The van der Waals surface area contributed by atoms with Crippen LogP contribution in [0.4, 0.5) is 0 Å². The zero-order valence-corrected chi connectivity index (χ0v) is 12.0. The highest BCUT2D eigenvalue weighted by atomic mass is 16.5. The first-order chi connectivity index (χ1) is 8.99. The lowest BCUT2D eigenvalue weighted by molar-refractivity contribution is -0.123. The summed E-state index contributed by atoms with van der Waals surface area (Å²) in [4.78, 5) is 11.4. The van der Waals surface area contributed by atoms with E-state index in [-0.39, 0.29) is 17.9 Å². The van der Waals surface area contributed by atoms with E-state index in [0.29, 0.717) is 18.8 Å². The van der Waals surface area contributed by atoms with E-state index in [2.05, 4.69) is 38.2 Å². The number of hydrogen-bond acceptors (Lipinski definition) is 3. The minimum atomic E-state index is -0.150. The van der Waals surface area contributed by atoms with Crippen LogP contribution in [0, 0.1) is 0 Å². The number of carbonyl (C=O) groups is 1. The summed E-state index contributed by atoms with van der Waals surface area (Å²) >= 11 is 0. The molecular formula is C15H24N2O2. The molecule has 1 rings (SSSR count). The Morgan fingerprint density at radius 3 is 2.47 bits per heavy atom. The Morgan fingerprint density at radius 1 is 1.32 bits per heavy atom. The summed E-state index contributed by atoms with van der Waals surface area (Å²) in [5, 5.41) is 2.66. The molecule has 0 aromatic heterocycles. The second-order valence-corrected chi connectivity index (χ2v) is 5.19. The van der Waals surface area contributed by atoms with Crippen LogP contribution < -0.4 is 15.8 Å². The summed E-state index contributed by atoms with van der Waals surface area (Å²) < 4.78 is 5.41. The normalized spacial score (nSPS) is 11.2. The summed E-state index contributed by atoms with van der Waals surface area (Å²) in [6.45, 7) is 7.54. The Morgan fingerprint density at radius 2 is 1.95 bits per heavy atom. The molecule has 3 N–H and O–H groups in total. The van der Waals surface area contributed by atoms with Crippen molar-refractivity contribution in [3.63, 3.8) is 0 Å². The summed E-state index contributed by atoms with van der Waals surface area (Å²) in [6, 6.07) is 7.92. The van der Waals surface area contributed by atoms with Gasteiger partial charge in [-0.15, -0.1) is 0 Å². The monoisotopic (exact) mass is 264 g/mol. The first-order valence-corrected chi connectivity index (χ1v) is 6.69. The van der Waals surface area contributed by atoms with Gasteiger partial charge in [0.25, 0.3) is 5.91 Å². The third-order valence-electron chi connectivity index (χ3n) is 3.36. The van der Waals surface area contributed by atoms with Crippen LogP contribution in [0.3, 0.4) is 0 Å². The third kappa shape index (κ3) is 4.91. The van der Waals surface area contributed by atoms with Gasteiger partial charge in [0.05, 0.1) is 0 Å². The molecule has 0 aliphatic rings. The lowest BCUT2D eigenvalue weighted by Crippen LogP contribution is -2.32. The summed E-state index contributed by atoms with van der Waals surface area (Å²) in [5.74, 6) is 0.557. The molecule has 0 atom stereocenters. The molecule has 0 aliphatic heterocycles. The molecule has 0 bridgehead atoms. The minimum absolute atomic E-state index is 0.0243. The number of rotatable bonds is 7. The summed E-state index contributed by atoms with van der Waals surface area (Å²) in [5.41, 5.74) is 6.74. The quantitative estimate of drug-likeness (QED) is 0.789. The molecule has 0 unspecified atom stereocenters. The van der Waals surface area contributed by atoms with Gasteiger partial charge >= 0.3 is 0 Å². The van der Waals surface area contributed by atoms with Gasteiger partial charge in [-0.05, 0) is 29.5 Å². The topological polar surface area (TPSA) is 64.3 Å². The largest absolute Gasteiger partial charge is 0.484 e. The maximum atomic E-state index is 11.4. The van der Waals surface area contributed by atoms with Crippen LogP contribution in [0.2, 0.25) is 0 Å². The van der Waals surface area contributed by atoms with Crippen LogP contribution in [0.25, 0.3) is 0 Å².